The first-order valence-electron chi connectivity index (χ1n) is 9.15. The highest BCUT2D eigenvalue weighted by atomic mass is 16.6. The summed E-state index contributed by atoms with van der Waals surface area (Å²) in [7, 11) is 0. The first-order chi connectivity index (χ1) is 13.3. The van der Waals surface area contributed by atoms with Gasteiger partial charge in [-0.2, -0.15) is 0 Å². The van der Waals surface area contributed by atoms with Gasteiger partial charge in [-0.05, 0) is 18.2 Å². The van der Waals surface area contributed by atoms with E-state index in [1.165, 1.54) is 17.0 Å². The highest BCUT2D eigenvalue weighted by Gasteiger charge is 2.35. The SMILES string of the molecule is N=C(N)c1cc(O)ccc1N1CC(CN2CCN(CCC(=O)O)CC2)OC1=O. The molecule has 2 heterocycles. The third-order valence-electron chi connectivity index (χ3n) is 5.00. The van der Waals surface area contributed by atoms with Crippen molar-refractivity contribution in [3.05, 3.63) is 23.8 Å². The molecule has 2 aliphatic heterocycles. The Morgan fingerprint density at radius 3 is 2.57 bits per heavy atom. The van der Waals surface area contributed by atoms with Crippen LogP contribution in [0.25, 0.3) is 0 Å². The lowest BCUT2D eigenvalue weighted by atomic mass is 10.1. The molecule has 5 N–H and O–H groups in total. The number of carbonyl (C=O) groups excluding carboxylic acids is 1. The Morgan fingerprint density at radius 1 is 1.25 bits per heavy atom. The number of benzene rings is 1. The van der Waals surface area contributed by atoms with Gasteiger partial charge in [-0.25, -0.2) is 4.79 Å². The van der Waals surface area contributed by atoms with Crippen molar-refractivity contribution in [2.75, 3.05) is 50.7 Å². The van der Waals surface area contributed by atoms with Gasteiger partial charge in [0.2, 0.25) is 0 Å². The molecule has 1 aromatic carbocycles. The van der Waals surface area contributed by atoms with Crippen molar-refractivity contribution in [1.82, 2.24) is 9.80 Å². The van der Waals surface area contributed by atoms with Crippen LogP contribution >= 0.6 is 0 Å². The summed E-state index contributed by atoms with van der Waals surface area (Å²) in [4.78, 5) is 28.8. The number of nitrogens with one attached hydrogen (secondary N) is 1. The minimum Gasteiger partial charge on any atom is -0.508 e. The number of nitrogen functional groups attached to an aromatic ring is 1. The quantitative estimate of drug-likeness (QED) is 0.378. The van der Waals surface area contributed by atoms with E-state index in [2.05, 4.69) is 9.80 Å². The van der Waals surface area contributed by atoms with Gasteiger partial charge in [-0.3, -0.25) is 20.0 Å². The van der Waals surface area contributed by atoms with Gasteiger partial charge in [-0.1, -0.05) is 0 Å². The molecule has 0 spiro atoms. The van der Waals surface area contributed by atoms with Crippen molar-refractivity contribution < 1.29 is 24.5 Å². The molecule has 1 atom stereocenters. The number of rotatable bonds is 7. The van der Waals surface area contributed by atoms with Gasteiger partial charge in [0.25, 0.3) is 0 Å². The molecule has 10 heteroatoms. The normalized spacial score (nSPS) is 20.9. The highest BCUT2D eigenvalue weighted by molar-refractivity contribution is 6.04. The van der Waals surface area contributed by atoms with Crippen molar-refractivity contribution in [3.8, 4) is 5.75 Å². The molecule has 1 unspecified atom stereocenters. The Hall–Kier alpha value is -2.85. The van der Waals surface area contributed by atoms with Crippen LogP contribution in [-0.4, -0.2) is 89.8 Å². The van der Waals surface area contributed by atoms with Gasteiger partial charge in [-0.15, -0.1) is 0 Å². The second-order valence-electron chi connectivity index (χ2n) is 7.02. The van der Waals surface area contributed by atoms with E-state index in [9.17, 15) is 14.7 Å². The minimum absolute atomic E-state index is 0.0289. The molecule has 2 saturated heterocycles. The number of aliphatic carboxylic acids is 1. The highest BCUT2D eigenvalue weighted by Crippen LogP contribution is 2.28. The number of phenols is 1. The average molecular weight is 391 g/mol. The maximum atomic E-state index is 12.3. The molecular formula is C18H25N5O5. The number of cyclic esters (lactones) is 1. The molecule has 0 aliphatic carbocycles. The fraction of sp³-hybridized carbons (Fsp3) is 0.500. The van der Waals surface area contributed by atoms with Gasteiger partial charge >= 0.3 is 12.1 Å². The Bertz CT molecular complexity index is 763. The summed E-state index contributed by atoms with van der Waals surface area (Å²) in [6.07, 6.45) is -0.676. The Kier molecular flexibility index (Phi) is 6.00. The molecule has 0 radical (unpaired) electrons. The number of amides is 1. The number of anilines is 1. The Morgan fingerprint density at radius 2 is 1.93 bits per heavy atom. The molecule has 152 valence electrons. The molecular weight excluding hydrogens is 366 g/mol. The Balaban J connectivity index is 1.56. The molecule has 1 amide bonds. The summed E-state index contributed by atoms with van der Waals surface area (Å²) >= 11 is 0. The van der Waals surface area contributed by atoms with Crippen molar-refractivity contribution >= 4 is 23.6 Å². The molecule has 2 aliphatic rings. The number of phenolic OH excluding ortho intramolecular Hbond substituents is 1. The van der Waals surface area contributed by atoms with Crippen molar-refractivity contribution in [2.45, 2.75) is 12.5 Å². The van der Waals surface area contributed by atoms with Gasteiger partial charge in [0.1, 0.15) is 17.7 Å². The minimum atomic E-state index is -0.792. The van der Waals surface area contributed by atoms with E-state index in [0.29, 0.717) is 25.3 Å². The number of piperazine rings is 1. The molecule has 10 nitrogen and oxygen atoms in total. The molecule has 2 fully saturated rings. The van der Waals surface area contributed by atoms with Crippen molar-refractivity contribution in [3.63, 3.8) is 0 Å². The van der Waals surface area contributed by atoms with Gasteiger partial charge < -0.3 is 25.6 Å². The molecule has 0 bridgehead atoms. The first kappa shape index (κ1) is 19.9. The van der Waals surface area contributed by atoms with Crippen LogP contribution in [-0.2, 0) is 9.53 Å². The van der Waals surface area contributed by atoms with Crippen LogP contribution in [0.15, 0.2) is 18.2 Å². The van der Waals surface area contributed by atoms with E-state index in [1.54, 1.807) is 6.07 Å². The van der Waals surface area contributed by atoms with E-state index < -0.39 is 12.1 Å². The number of ether oxygens (including phenoxy) is 1. The lowest BCUT2D eigenvalue weighted by Gasteiger charge is -2.35. The monoisotopic (exact) mass is 391 g/mol. The molecule has 0 aromatic heterocycles. The standard InChI is InChI=1S/C18H25N5O5/c19-17(20)14-9-12(24)1-2-15(14)23-11-13(28-18(23)27)10-22-7-5-21(6-8-22)4-3-16(25)26/h1-2,9,13,24H,3-8,10-11H2,(H3,19,20)(H,25,26). The zero-order chi connectivity index (χ0) is 20.3. The number of nitrogens with zero attached hydrogens (tertiary/aromatic N) is 3. The van der Waals surface area contributed by atoms with E-state index in [-0.39, 0.29) is 29.7 Å². The number of amidine groups is 1. The zero-order valence-corrected chi connectivity index (χ0v) is 15.5. The molecule has 3 rings (SSSR count). The number of aromatic hydroxyl groups is 1. The number of nitrogens with two attached hydrogens (primary N) is 1. The number of carboxylic acids is 1. The fourth-order valence-electron chi connectivity index (χ4n) is 3.53. The van der Waals surface area contributed by atoms with Crippen LogP contribution in [0.4, 0.5) is 10.5 Å². The summed E-state index contributed by atoms with van der Waals surface area (Å²) in [5.41, 5.74) is 6.30. The molecule has 28 heavy (non-hydrogen) atoms. The zero-order valence-electron chi connectivity index (χ0n) is 15.5. The van der Waals surface area contributed by atoms with Gasteiger partial charge in [0, 0.05) is 44.8 Å². The molecule has 1 aromatic rings. The predicted molar refractivity (Wildman–Crippen MR) is 102 cm³/mol. The van der Waals surface area contributed by atoms with E-state index in [1.807, 2.05) is 0 Å². The number of hydrogen-bond donors (Lipinski definition) is 4. The van der Waals surface area contributed by atoms with Crippen molar-refractivity contribution in [2.24, 2.45) is 5.73 Å². The third kappa shape index (κ3) is 4.70. The summed E-state index contributed by atoms with van der Waals surface area (Å²) < 4.78 is 5.48. The maximum Gasteiger partial charge on any atom is 0.414 e. The largest absolute Gasteiger partial charge is 0.508 e. The predicted octanol–water partition coefficient (Wildman–Crippen LogP) is 0.0938. The summed E-state index contributed by atoms with van der Waals surface area (Å²) in [5.74, 6) is -1.06. The van der Waals surface area contributed by atoms with Crippen LogP contribution in [0.1, 0.15) is 12.0 Å². The summed E-state index contributed by atoms with van der Waals surface area (Å²) in [6.45, 7) is 4.60. The van der Waals surface area contributed by atoms with Crippen LogP contribution in [0.2, 0.25) is 0 Å². The maximum absolute atomic E-state index is 12.3. The summed E-state index contributed by atoms with van der Waals surface area (Å²) in [5, 5.41) is 26.1. The van der Waals surface area contributed by atoms with Crippen LogP contribution < -0.4 is 10.6 Å². The van der Waals surface area contributed by atoms with Crippen LogP contribution in [0, 0.1) is 5.41 Å². The number of carbonyl (C=O) groups is 2. The van der Waals surface area contributed by atoms with E-state index in [0.717, 1.165) is 26.2 Å². The second kappa shape index (κ2) is 8.44. The van der Waals surface area contributed by atoms with Crippen LogP contribution in [0.3, 0.4) is 0 Å². The summed E-state index contributed by atoms with van der Waals surface area (Å²) in [6, 6.07) is 4.35. The van der Waals surface area contributed by atoms with Crippen LogP contribution in [0.5, 0.6) is 5.75 Å². The second-order valence-corrected chi connectivity index (χ2v) is 7.02. The third-order valence-corrected chi connectivity index (χ3v) is 5.00. The molecule has 0 saturated carbocycles. The van der Waals surface area contributed by atoms with E-state index >= 15 is 0 Å². The number of carboxylic acid groups (broad SMARTS) is 1. The van der Waals surface area contributed by atoms with Gasteiger partial charge in [0.15, 0.2) is 0 Å². The lowest BCUT2D eigenvalue weighted by molar-refractivity contribution is -0.137. The first-order valence-corrected chi connectivity index (χ1v) is 9.15. The van der Waals surface area contributed by atoms with Crippen molar-refractivity contribution in [1.29, 1.82) is 5.41 Å². The average Bonchev–Trinajstić information content (AvgIpc) is 3.01. The topological polar surface area (TPSA) is 143 Å². The Labute approximate surface area is 162 Å². The number of hydrogen-bond acceptors (Lipinski definition) is 7. The fourth-order valence-corrected chi connectivity index (χ4v) is 3.53. The van der Waals surface area contributed by atoms with Gasteiger partial charge in [0.05, 0.1) is 18.7 Å². The smallest absolute Gasteiger partial charge is 0.414 e. The van der Waals surface area contributed by atoms with E-state index in [4.69, 9.17) is 21.0 Å². The lowest BCUT2D eigenvalue weighted by Crippen LogP contribution is -2.49.